The minimum absolute atomic E-state index is 0.314. The van der Waals surface area contributed by atoms with Crippen molar-refractivity contribution < 1.29 is 13.9 Å². The Hall–Kier alpha value is -2.12. The van der Waals surface area contributed by atoms with E-state index in [1.54, 1.807) is 31.4 Å². The van der Waals surface area contributed by atoms with E-state index >= 15 is 0 Å². The van der Waals surface area contributed by atoms with Gasteiger partial charge in [-0.1, -0.05) is 15.9 Å². The number of nitrogens with one attached hydrogen (secondary N) is 1. The normalized spacial score (nSPS) is 10.8. The number of rotatable bonds is 7. The molecule has 0 radical (unpaired) electrons. The van der Waals surface area contributed by atoms with E-state index < -0.39 is 5.82 Å². The Balaban J connectivity index is 2.00. The van der Waals surface area contributed by atoms with E-state index in [0.717, 1.165) is 0 Å². The number of anilines is 2. The van der Waals surface area contributed by atoms with Crippen LogP contribution in [0.1, 0.15) is 6.42 Å². The van der Waals surface area contributed by atoms with Gasteiger partial charge in [0.1, 0.15) is 18.0 Å². The lowest BCUT2D eigenvalue weighted by atomic mass is 10.2. The molecule has 8 heteroatoms. The van der Waals surface area contributed by atoms with Crippen molar-refractivity contribution in [3.63, 3.8) is 0 Å². The van der Waals surface area contributed by atoms with E-state index in [4.69, 9.17) is 21.1 Å². The largest absolute Gasteiger partial charge is 0.493 e. The van der Waals surface area contributed by atoms with Crippen molar-refractivity contribution in [3.8, 4) is 11.5 Å². The fourth-order valence-corrected chi connectivity index (χ4v) is 2.83. The monoisotopic (exact) mass is 439 g/mol. The number of hydrogen-bond acceptors (Lipinski definition) is 5. The third kappa shape index (κ3) is 4.16. The van der Waals surface area contributed by atoms with Crippen LogP contribution < -0.4 is 14.8 Å². The van der Waals surface area contributed by atoms with Crippen molar-refractivity contribution in [2.24, 2.45) is 0 Å². The lowest BCUT2D eigenvalue weighted by Crippen LogP contribution is -2.02. The van der Waals surface area contributed by atoms with Crippen LogP contribution in [0.4, 0.5) is 15.9 Å². The second-order valence-corrected chi connectivity index (χ2v) is 6.68. The number of benzene rings is 2. The summed E-state index contributed by atoms with van der Waals surface area (Å²) in [5.74, 6) is 1.71. The van der Waals surface area contributed by atoms with Gasteiger partial charge in [-0.25, -0.2) is 14.4 Å². The number of methoxy groups -OCH3 is 1. The van der Waals surface area contributed by atoms with Crippen molar-refractivity contribution in [3.05, 3.63) is 46.9 Å². The summed E-state index contributed by atoms with van der Waals surface area (Å²) in [5, 5.41) is 3.70. The Labute approximate surface area is 163 Å². The molecule has 136 valence electrons. The van der Waals surface area contributed by atoms with Crippen molar-refractivity contribution in [2.75, 3.05) is 24.9 Å². The first kappa shape index (κ1) is 18.7. The Kier molecular flexibility index (Phi) is 6.11. The van der Waals surface area contributed by atoms with Crippen LogP contribution in [0.5, 0.6) is 11.5 Å². The van der Waals surface area contributed by atoms with Crippen LogP contribution in [0.2, 0.25) is 0 Å². The summed E-state index contributed by atoms with van der Waals surface area (Å²) in [6.45, 7) is 0.461. The number of aromatic nitrogens is 2. The molecule has 0 aliphatic heterocycles. The highest BCUT2D eigenvalue weighted by Gasteiger charge is 2.13. The fraction of sp³-hybridized carbons (Fsp3) is 0.222. The van der Waals surface area contributed by atoms with E-state index in [9.17, 15) is 4.39 Å². The molecule has 0 bridgehead atoms. The Morgan fingerprint density at radius 2 is 2.04 bits per heavy atom. The zero-order chi connectivity index (χ0) is 18.5. The first-order valence-electron chi connectivity index (χ1n) is 7.86. The van der Waals surface area contributed by atoms with Crippen LogP contribution >= 0.6 is 27.5 Å². The summed E-state index contributed by atoms with van der Waals surface area (Å²) in [5.41, 5.74) is 0.968. The van der Waals surface area contributed by atoms with Gasteiger partial charge in [0.25, 0.3) is 0 Å². The number of nitrogens with zero attached hydrogens (tertiary/aromatic N) is 2. The Morgan fingerprint density at radius 3 is 2.77 bits per heavy atom. The third-order valence-electron chi connectivity index (χ3n) is 3.64. The molecule has 5 nitrogen and oxygen atoms in total. The maximum absolute atomic E-state index is 14.1. The van der Waals surface area contributed by atoms with Gasteiger partial charge in [0, 0.05) is 21.8 Å². The molecule has 0 unspecified atom stereocenters. The summed E-state index contributed by atoms with van der Waals surface area (Å²) in [7, 11) is 1.56. The van der Waals surface area contributed by atoms with Gasteiger partial charge in [-0.3, -0.25) is 0 Å². The number of hydrogen-bond donors (Lipinski definition) is 1. The first-order valence-corrected chi connectivity index (χ1v) is 9.18. The predicted octanol–water partition coefficient (Wildman–Crippen LogP) is 5.29. The van der Waals surface area contributed by atoms with Crippen LogP contribution in [-0.4, -0.2) is 29.6 Å². The minimum Gasteiger partial charge on any atom is -0.493 e. The predicted molar refractivity (Wildman–Crippen MR) is 104 cm³/mol. The maximum atomic E-state index is 14.1. The fourth-order valence-electron chi connectivity index (χ4n) is 2.39. The smallest absolute Gasteiger partial charge is 0.162 e. The van der Waals surface area contributed by atoms with Gasteiger partial charge < -0.3 is 14.8 Å². The van der Waals surface area contributed by atoms with Crippen LogP contribution in [0.25, 0.3) is 10.9 Å². The Bertz CT molecular complexity index is 926. The third-order valence-corrected chi connectivity index (χ3v) is 4.40. The summed E-state index contributed by atoms with van der Waals surface area (Å²) in [6.07, 6.45) is 2.12. The van der Waals surface area contributed by atoms with E-state index in [-0.39, 0.29) is 0 Å². The molecule has 0 amide bonds. The number of halogens is 3. The van der Waals surface area contributed by atoms with Crippen LogP contribution in [0.3, 0.4) is 0 Å². The molecule has 3 aromatic rings. The van der Waals surface area contributed by atoms with Crippen molar-refractivity contribution in [1.29, 1.82) is 0 Å². The highest BCUT2D eigenvalue weighted by molar-refractivity contribution is 9.10. The molecule has 3 rings (SSSR count). The summed E-state index contributed by atoms with van der Waals surface area (Å²) in [6, 6.07) is 8.31. The lowest BCUT2D eigenvalue weighted by Gasteiger charge is -2.14. The molecule has 0 atom stereocenters. The molecular formula is C18H16BrClFN3O2. The molecule has 2 aromatic carbocycles. The highest BCUT2D eigenvalue weighted by atomic mass is 79.9. The van der Waals surface area contributed by atoms with Crippen molar-refractivity contribution in [1.82, 2.24) is 9.97 Å². The van der Waals surface area contributed by atoms with Gasteiger partial charge in [-0.2, -0.15) is 0 Å². The van der Waals surface area contributed by atoms with E-state index in [0.29, 0.717) is 57.3 Å². The molecule has 0 saturated heterocycles. The molecule has 0 aliphatic carbocycles. The second-order valence-electron chi connectivity index (χ2n) is 5.38. The van der Waals surface area contributed by atoms with Crippen molar-refractivity contribution in [2.45, 2.75) is 6.42 Å². The molecule has 1 N–H and O–H groups in total. The standard InChI is InChI=1S/C18H16BrClFN3O2/c1-25-16-9-15-12(8-17(16)26-6-2-5-20)18(23-10-22-15)24-14-4-3-11(19)7-13(14)21/h3-4,7-10H,2,5-6H2,1H3,(H,22,23,24). The summed E-state index contributed by atoms with van der Waals surface area (Å²) in [4.78, 5) is 8.50. The lowest BCUT2D eigenvalue weighted by molar-refractivity contribution is 0.295. The molecule has 1 heterocycles. The van der Waals surface area contributed by atoms with Gasteiger partial charge in [-0.05, 0) is 30.7 Å². The summed E-state index contributed by atoms with van der Waals surface area (Å²) >= 11 is 8.94. The molecule has 0 saturated carbocycles. The topological polar surface area (TPSA) is 56.3 Å². The van der Waals surface area contributed by atoms with Crippen molar-refractivity contribution >= 4 is 49.9 Å². The molecular weight excluding hydrogens is 425 g/mol. The zero-order valence-corrected chi connectivity index (χ0v) is 16.3. The first-order chi connectivity index (χ1) is 12.6. The quantitative estimate of drug-likeness (QED) is 0.399. The molecule has 26 heavy (non-hydrogen) atoms. The molecule has 0 aliphatic rings. The van der Waals surface area contributed by atoms with Gasteiger partial charge in [0.05, 0.1) is 24.9 Å². The maximum Gasteiger partial charge on any atom is 0.162 e. The van der Waals surface area contributed by atoms with Gasteiger partial charge in [0.2, 0.25) is 0 Å². The Morgan fingerprint density at radius 1 is 1.19 bits per heavy atom. The minimum atomic E-state index is -0.391. The van der Waals surface area contributed by atoms with Gasteiger partial charge in [-0.15, -0.1) is 11.6 Å². The average molecular weight is 441 g/mol. The second kappa shape index (κ2) is 8.51. The number of alkyl halides is 1. The zero-order valence-electron chi connectivity index (χ0n) is 13.9. The van der Waals surface area contributed by atoms with E-state index in [2.05, 4.69) is 31.2 Å². The molecule has 0 fully saturated rings. The van der Waals surface area contributed by atoms with Crippen LogP contribution in [0, 0.1) is 5.82 Å². The van der Waals surface area contributed by atoms with Crippen LogP contribution in [0.15, 0.2) is 41.1 Å². The number of fused-ring (bicyclic) bond motifs is 1. The van der Waals surface area contributed by atoms with E-state index in [1.165, 1.54) is 12.4 Å². The average Bonchev–Trinajstić information content (AvgIpc) is 2.64. The molecule has 0 spiro atoms. The SMILES string of the molecule is COc1cc2ncnc(Nc3ccc(Br)cc3F)c2cc1OCCCCl. The van der Waals surface area contributed by atoms with E-state index in [1.807, 2.05) is 0 Å². The highest BCUT2D eigenvalue weighted by Crippen LogP contribution is 2.35. The van der Waals surface area contributed by atoms with Crippen LogP contribution in [-0.2, 0) is 0 Å². The number of ether oxygens (including phenoxy) is 2. The van der Waals surface area contributed by atoms with Gasteiger partial charge in [0.15, 0.2) is 11.5 Å². The van der Waals surface area contributed by atoms with Gasteiger partial charge >= 0.3 is 0 Å². The summed E-state index contributed by atoms with van der Waals surface area (Å²) < 4.78 is 25.9. The molecule has 1 aromatic heterocycles.